The average molecular weight is 489 g/mol. The van der Waals surface area contributed by atoms with Gasteiger partial charge in [0, 0.05) is 24.2 Å². The number of halogens is 1. The summed E-state index contributed by atoms with van der Waals surface area (Å²) in [5, 5.41) is 5.34. The van der Waals surface area contributed by atoms with Crippen molar-refractivity contribution in [3.63, 3.8) is 0 Å². The number of aliphatic imine (C=N–C) groups is 1. The van der Waals surface area contributed by atoms with Gasteiger partial charge >= 0.3 is 0 Å². The summed E-state index contributed by atoms with van der Waals surface area (Å²) in [6.07, 6.45) is 3.38. The molecule has 10 heteroatoms. The second-order valence-electron chi connectivity index (χ2n) is 8.46. The Bertz CT molecular complexity index is 1160. The molecule has 0 saturated heterocycles. The van der Waals surface area contributed by atoms with Gasteiger partial charge in [-0.15, -0.1) is 0 Å². The molecule has 1 heterocycles. The van der Waals surface area contributed by atoms with Gasteiger partial charge in [-0.2, -0.15) is 0 Å². The van der Waals surface area contributed by atoms with Crippen LogP contribution in [0.25, 0.3) is 0 Å². The van der Waals surface area contributed by atoms with Crippen LogP contribution in [0, 0.1) is 11.7 Å². The summed E-state index contributed by atoms with van der Waals surface area (Å²) >= 11 is 0. The molecule has 0 radical (unpaired) electrons. The Hall–Kier alpha value is -3.27. The average Bonchev–Trinajstić information content (AvgIpc) is 3.06. The zero-order valence-corrected chi connectivity index (χ0v) is 20.0. The van der Waals surface area contributed by atoms with Gasteiger partial charge in [0.05, 0.1) is 4.90 Å². The molecule has 0 aliphatic carbocycles. The van der Waals surface area contributed by atoms with Crippen molar-refractivity contribution < 1.29 is 22.4 Å². The lowest BCUT2D eigenvalue weighted by Gasteiger charge is -2.22. The number of carbonyl (C=O) groups excluding carboxylic acids is 2. The van der Waals surface area contributed by atoms with Crippen LogP contribution in [0.3, 0.4) is 0 Å². The van der Waals surface area contributed by atoms with Crippen molar-refractivity contribution in [1.82, 2.24) is 10.0 Å². The van der Waals surface area contributed by atoms with E-state index in [1.165, 1.54) is 42.5 Å². The maximum Gasteiger partial charge on any atom is 0.262 e. The molecule has 3 rings (SSSR count). The topological polar surface area (TPSA) is 117 Å². The summed E-state index contributed by atoms with van der Waals surface area (Å²) in [6, 6.07) is 10.00. The minimum absolute atomic E-state index is 0.00584. The van der Waals surface area contributed by atoms with Crippen molar-refractivity contribution in [2.24, 2.45) is 10.9 Å². The van der Waals surface area contributed by atoms with Gasteiger partial charge in [-0.25, -0.2) is 12.8 Å². The van der Waals surface area contributed by atoms with Crippen LogP contribution in [0.4, 0.5) is 10.1 Å². The molecule has 0 aromatic heterocycles. The Labute approximate surface area is 199 Å². The molecule has 0 spiro atoms. The highest BCUT2D eigenvalue weighted by Gasteiger charge is 2.25. The summed E-state index contributed by atoms with van der Waals surface area (Å²) < 4.78 is 41.3. The standard InChI is InChI=1S/C24H29FN4O4S/c1-16(2)22(28-23(30)17-10-12-18(25)13-11-17)24(31)27-19-7-6-8-20(15-19)34(32,33)29-21-9-4-3-5-14-26-21/h6-8,10-13,15-16,22H,3-5,9,14H2,1-2H3,(H,26,29)(H,27,31)(H,28,30). The molecule has 8 nitrogen and oxygen atoms in total. The second kappa shape index (κ2) is 11.2. The lowest BCUT2D eigenvalue weighted by Crippen LogP contribution is -2.47. The van der Waals surface area contributed by atoms with Gasteiger partial charge in [-0.05, 0) is 61.2 Å². The van der Waals surface area contributed by atoms with E-state index in [0.717, 1.165) is 19.3 Å². The Morgan fingerprint density at radius 2 is 1.76 bits per heavy atom. The highest BCUT2D eigenvalue weighted by atomic mass is 32.2. The van der Waals surface area contributed by atoms with Gasteiger partial charge in [-0.3, -0.25) is 19.3 Å². The van der Waals surface area contributed by atoms with E-state index >= 15 is 0 Å². The van der Waals surface area contributed by atoms with Gasteiger partial charge in [-0.1, -0.05) is 26.3 Å². The molecule has 2 aromatic rings. The molecule has 3 N–H and O–H groups in total. The van der Waals surface area contributed by atoms with Crippen LogP contribution in [0.1, 0.15) is 49.9 Å². The summed E-state index contributed by atoms with van der Waals surface area (Å²) in [7, 11) is -3.86. The predicted molar refractivity (Wildman–Crippen MR) is 129 cm³/mol. The maximum atomic E-state index is 13.1. The molecule has 34 heavy (non-hydrogen) atoms. The van der Waals surface area contributed by atoms with Crippen LogP contribution < -0.4 is 15.4 Å². The number of hydrogen-bond acceptors (Lipinski definition) is 5. The fourth-order valence-corrected chi connectivity index (χ4v) is 4.63. The zero-order valence-electron chi connectivity index (χ0n) is 19.2. The van der Waals surface area contributed by atoms with Gasteiger partial charge in [0.2, 0.25) is 5.91 Å². The first-order chi connectivity index (χ1) is 16.2. The Kier molecular flexibility index (Phi) is 8.38. The normalized spacial score (nSPS) is 15.1. The van der Waals surface area contributed by atoms with Crippen molar-refractivity contribution in [3.05, 3.63) is 59.9 Å². The number of rotatable bonds is 7. The van der Waals surface area contributed by atoms with Crippen LogP contribution in [-0.2, 0) is 14.8 Å². The van der Waals surface area contributed by atoms with Crippen molar-refractivity contribution in [2.75, 3.05) is 11.9 Å². The molecular formula is C24H29FN4O4S. The lowest BCUT2D eigenvalue weighted by molar-refractivity contribution is -0.118. The Morgan fingerprint density at radius 1 is 1.03 bits per heavy atom. The molecule has 2 aromatic carbocycles. The third kappa shape index (κ3) is 6.86. The van der Waals surface area contributed by atoms with E-state index in [1.54, 1.807) is 19.9 Å². The summed E-state index contributed by atoms with van der Waals surface area (Å²) in [4.78, 5) is 29.7. The highest BCUT2D eigenvalue weighted by Crippen LogP contribution is 2.18. The molecule has 0 saturated carbocycles. The van der Waals surface area contributed by atoms with E-state index in [4.69, 9.17) is 0 Å². The van der Waals surface area contributed by atoms with Gasteiger partial charge in [0.15, 0.2) is 0 Å². The largest absolute Gasteiger partial charge is 0.340 e. The minimum atomic E-state index is -3.86. The van der Waals surface area contributed by atoms with Crippen molar-refractivity contribution in [2.45, 2.75) is 50.5 Å². The number of nitrogens with one attached hydrogen (secondary N) is 3. The molecular weight excluding hydrogens is 459 g/mol. The molecule has 0 bridgehead atoms. The van der Waals surface area contributed by atoms with E-state index in [0.29, 0.717) is 18.8 Å². The number of nitrogens with zero attached hydrogens (tertiary/aromatic N) is 1. The Balaban J connectivity index is 1.71. The monoisotopic (exact) mass is 488 g/mol. The number of sulfonamides is 1. The summed E-state index contributed by atoms with van der Waals surface area (Å²) in [6.45, 7) is 4.13. The van der Waals surface area contributed by atoms with Crippen molar-refractivity contribution in [1.29, 1.82) is 0 Å². The summed E-state index contributed by atoms with van der Waals surface area (Å²) in [5.74, 6) is -1.30. The first-order valence-corrected chi connectivity index (χ1v) is 12.7. The molecule has 1 atom stereocenters. The molecule has 0 fully saturated rings. The van der Waals surface area contributed by atoms with Gasteiger partial charge < -0.3 is 10.6 Å². The Morgan fingerprint density at radius 3 is 2.47 bits per heavy atom. The SMILES string of the molecule is CC(C)C(NC(=O)c1ccc(F)cc1)C(=O)Nc1cccc(S(=O)(=O)NC2=NCCCCC2)c1. The lowest BCUT2D eigenvalue weighted by atomic mass is 10.0. The number of hydrogen-bond donors (Lipinski definition) is 3. The fraction of sp³-hybridized carbons (Fsp3) is 0.375. The van der Waals surface area contributed by atoms with Crippen LogP contribution in [-0.4, -0.2) is 38.7 Å². The van der Waals surface area contributed by atoms with Crippen molar-refractivity contribution >= 4 is 33.4 Å². The minimum Gasteiger partial charge on any atom is -0.340 e. The molecule has 182 valence electrons. The van der Waals surface area contributed by atoms with Crippen LogP contribution >= 0.6 is 0 Å². The second-order valence-corrected chi connectivity index (χ2v) is 10.1. The van der Waals surface area contributed by atoms with Crippen LogP contribution in [0.15, 0.2) is 58.4 Å². The zero-order chi connectivity index (χ0) is 24.7. The highest BCUT2D eigenvalue weighted by molar-refractivity contribution is 7.90. The smallest absolute Gasteiger partial charge is 0.262 e. The third-order valence-electron chi connectivity index (χ3n) is 5.38. The number of amidine groups is 1. The maximum absolute atomic E-state index is 13.1. The molecule has 1 unspecified atom stereocenters. The van der Waals surface area contributed by atoms with Crippen molar-refractivity contribution in [3.8, 4) is 0 Å². The van der Waals surface area contributed by atoms with Gasteiger partial charge in [0.1, 0.15) is 17.7 Å². The molecule has 2 amide bonds. The number of amides is 2. The van der Waals surface area contributed by atoms with E-state index in [9.17, 15) is 22.4 Å². The van der Waals surface area contributed by atoms with E-state index in [2.05, 4.69) is 20.3 Å². The van der Waals surface area contributed by atoms with Gasteiger partial charge in [0.25, 0.3) is 15.9 Å². The van der Waals surface area contributed by atoms with E-state index in [1.807, 2.05) is 0 Å². The number of anilines is 1. The van der Waals surface area contributed by atoms with E-state index in [-0.39, 0.29) is 22.1 Å². The third-order valence-corrected chi connectivity index (χ3v) is 6.76. The fourth-order valence-electron chi connectivity index (χ4n) is 3.49. The number of carbonyl (C=O) groups is 2. The first kappa shape index (κ1) is 25.4. The van der Waals surface area contributed by atoms with Crippen LogP contribution in [0.5, 0.6) is 0 Å². The molecule has 1 aliphatic rings. The van der Waals surface area contributed by atoms with Crippen LogP contribution in [0.2, 0.25) is 0 Å². The summed E-state index contributed by atoms with van der Waals surface area (Å²) in [5.41, 5.74) is 0.498. The predicted octanol–water partition coefficient (Wildman–Crippen LogP) is 3.47. The van der Waals surface area contributed by atoms with E-state index < -0.39 is 33.7 Å². The number of benzene rings is 2. The first-order valence-electron chi connectivity index (χ1n) is 11.2. The quantitative estimate of drug-likeness (QED) is 0.553. The molecule has 1 aliphatic heterocycles.